The molecular formula is C15H21N3O2. The lowest BCUT2D eigenvalue weighted by Crippen LogP contribution is -2.14. The van der Waals surface area contributed by atoms with Crippen LogP contribution in [0.25, 0.3) is 0 Å². The molecule has 108 valence electrons. The van der Waals surface area contributed by atoms with Crippen LogP contribution in [0.5, 0.6) is 5.75 Å². The van der Waals surface area contributed by atoms with E-state index in [4.69, 9.17) is 15.0 Å². The molecule has 0 amide bonds. The van der Waals surface area contributed by atoms with Crippen molar-refractivity contribution in [2.45, 2.75) is 45.8 Å². The number of nitrogens with zero attached hydrogens (tertiary/aromatic N) is 2. The van der Waals surface area contributed by atoms with Crippen molar-refractivity contribution in [2.75, 3.05) is 0 Å². The number of ether oxygens (including phenoxy) is 1. The van der Waals surface area contributed by atoms with Gasteiger partial charge in [0.2, 0.25) is 5.89 Å². The Kier molecular flexibility index (Phi) is 4.39. The van der Waals surface area contributed by atoms with Gasteiger partial charge in [-0.25, -0.2) is 0 Å². The average Bonchev–Trinajstić information content (AvgIpc) is 2.88. The van der Waals surface area contributed by atoms with Crippen LogP contribution in [0.1, 0.15) is 56.9 Å². The van der Waals surface area contributed by atoms with Crippen LogP contribution in [0.15, 0.2) is 28.8 Å². The highest BCUT2D eigenvalue weighted by atomic mass is 16.5. The summed E-state index contributed by atoms with van der Waals surface area (Å²) in [7, 11) is 0. The molecule has 20 heavy (non-hydrogen) atoms. The highest BCUT2D eigenvalue weighted by Gasteiger charge is 2.17. The summed E-state index contributed by atoms with van der Waals surface area (Å²) in [6.07, 6.45) is 0.153. The highest BCUT2D eigenvalue weighted by Crippen LogP contribution is 2.22. The Morgan fingerprint density at radius 1 is 1.10 bits per heavy atom. The lowest BCUT2D eigenvalue weighted by atomic mass is 10.1. The van der Waals surface area contributed by atoms with Gasteiger partial charge in [-0.1, -0.05) is 31.1 Å². The predicted octanol–water partition coefficient (Wildman–Crippen LogP) is 3.03. The fraction of sp³-hybridized carbons (Fsp3) is 0.467. The summed E-state index contributed by atoms with van der Waals surface area (Å²) in [4.78, 5) is 4.32. The first kappa shape index (κ1) is 14.5. The second-order valence-electron chi connectivity index (χ2n) is 5.36. The van der Waals surface area contributed by atoms with Crippen LogP contribution in [0.3, 0.4) is 0 Å². The molecule has 1 atom stereocenters. The Morgan fingerprint density at radius 2 is 1.75 bits per heavy atom. The summed E-state index contributed by atoms with van der Waals surface area (Å²) in [6.45, 7) is 7.99. The van der Waals surface area contributed by atoms with Crippen LogP contribution in [0, 0.1) is 0 Å². The standard InChI is InChI=1S/C15H21N3O2/c1-9(2)15-17-14(18-20-15)13(16)11-5-7-12(8-6-11)19-10(3)4/h5-10,13H,16H2,1-4H3. The summed E-state index contributed by atoms with van der Waals surface area (Å²) >= 11 is 0. The molecule has 0 bridgehead atoms. The van der Waals surface area contributed by atoms with Gasteiger partial charge >= 0.3 is 0 Å². The van der Waals surface area contributed by atoms with E-state index in [2.05, 4.69) is 10.1 Å². The zero-order valence-electron chi connectivity index (χ0n) is 12.3. The van der Waals surface area contributed by atoms with Crippen molar-refractivity contribution >= 4 is 0 Å². The number of rotatable bonds is 5. The van der Waals surface area contributed by atoms with E-state index in [1.165, 1.54) is 0 Å². The third-order valence-electron chi connectivity index (χ3n) is 2.84. The summed E-state index contributed by atoms with van der Waals surface area (Å²) in [5.74, 6) is 2.14. The molecule has 0 spiro atoms. The third kappa shape index (κ3) is 3.36. The average molecular weight is 275 g/mol. The van der Waals surface area contributed by atoms with Gasteiger partial charge in [0, 0.05) is 5.92 Å². The molecule has 1 aromatic carbocycles. The van der Waals surface area contributed by atoms with E-state index < -0.39 is 0 Å². The van der Waals surface area contributed by atoms with Gasteiger partial charge in [-0.2, -0.15) is 4.98 Å². The lowest BCUT2D eigenvalue weighted by Gasteiger charge is -2.11. The molecule has 2 N–H and O–H groups in total. The van der Waals surface area contributed by atoms with Crippen molar-refractivity contribution in [3.8, 4) is 5.75 Å². The lowest BCUT2D eigenvalue weighted by molar-refractivity contribution is 0.242. The van der Waals surface area contributed by atoms with Gasteiger partial charge in [0.1, 0.15) is 5.75 Å². The fourth-order valence-electron chi connectivity index (χ4n) is 1.78. The van der Waals surface area contributed by atoms with Crippen LogP contribution in [0.4, 0.5) is 0 Å². The Bertz CT molecular complexity index is 547. The monoisotopic (exact) mass is 275 g/mol. The second-order valence-corrected chi connectivity index (χ2v) is 5.36. The van der Waals surface area contributed by atoms with Gasteiger partial charge in [-0.15, -0.1) is 0 Å². The number of benzene rings is 1. The van der Waals surface area contributed by atoms with Crippen LogP contribution in [-0.4, -0.2) is 16.2 Å². The minimum absolute atomic E-state index is 0.153. The predicted molar refractivity (Wildman–Crippen MR) is 76.6 cm³/mol. The third-order valence-corrected chi connectivity index (χ3v) is 2.84. The molecular weight excluding hydrogens is 254 g/mol. The fourth-order valence-corrected chi connectivity index (χ4v) is 1.78. The van der Waals surface area contributed by atoms with Gasteiger partial charge in [0.15, 0.2) is 5.82 Å². The molecule has 5 nitrogen and oxygen atoms in total. The van der Waals surface area contributed by atoms with Crippen molar-refractivity contribution in [1.29, 1.82) is 0 Å². The molecule has 0 aliphatic carbocycles. The minimum Gasteiger partial charge on any atom is -0.491 e. The maximum absolute atomic E-state index is 6.16. The minimum atomic E-state index is -0.389. The topological polar surface area (TPSA) is 74.2 Å². The molecule has 1 heterocycles. The van der Waals surface area contributed by atoms with Crippen LogP contribution < -0.4 is 10.5 Å². The summed E-state index contributed by atoms with van der Waals surface area (Å²) in [5.41, 5.74) is 7.08. The zero-order chi connectivity index (χ0) is 14.7. The van der Waals surface area contributed by atoms with Gasteiger partial charge in [0.05, 0.1) is 12.1 Å². The molecule has 0 aliphatic rings. The molecule has 1 aromatic heterocycles. The maximum atomic E-state index is 6.16. The summed E-state index contributed by atoms with van der Waals surface area (Å²) in [5, 5.41) is 3.94. The van der Waals surface area contributed by atoms with Crippen LogP contribution in [0.2, 0.25) is 0 Å². The second kappa shape index (κ2) is 6.05. The van der Waals surface area contributed by atoms with Crippen molar-refractivity contribution in [2.24, 2.45) is 5.73 Å². The van der Waals surface area contributed by atoms with E-state index in [9.17, 15) is 0 Å². The van der Waals surface area contributed by atoms with Crippen molar-refractivity contribution in [3.63, 3.8) is 0 Å². The number of aromatic nitrogens is 2. The van der Waals surface area contributed by atoms with Gasteiger partial charge < -0.3 is 15.0 Å². The van der Waals surface area contributed by atoms with E-state index in [1.54, 1.807) is 0 Å². The first-order valence-electron chi connectivity index (χ1n) is 6.83. The Morgan fingerprint density at radius 3 is 2.25 bits per heavy atom. The largest absolute Gasteiger partial charge is 0.491 e. The van der Waals surface area contributed by atoms with Crippen molar-refractivity contribution in [3.05, 3.63) is 41.5 Å². The van der Waals surface area contributed by atoms with E-state index in [-0.39, 0.29) is 18.1 Å². The molecule has 0 radical (unpaired) electrons. The van der Waals surface area contributed by atoms with Crippen LogP contribution in [-0.2, 0) is 0 Å². The molecule has 0 fully saturated rings. The maximum Gasteiger partial charge on any atom is 0.229 e. The number of nitrogens with two attached hydrogens (primary N) is 1. The zero-order valence-corrected chi connectivity index (χ0v) is 12.3. The normalized spacial score (nSPS) is 12.9. The molecule has 0 saturated carbocycles. The smallest absolute Gasteiger partial charge is 0.229 e. The molecule has 2 rings (SSSR count). The molecule has 0 aliphatic heterocycles. The highest BCUT2D eigenvalue weighted by molar-refractivity contribution is 5.31. The van der Waals surface area contributed by atoms with Crippen molar-refractivity contribution in [1.82, 2.24) is 10.1 Å². The molecule has 1 unspecified atom stereocenters. The summed E-state index contributed by atoms with van der Waals surface area (Å²) in [6, 6.07) is 7.26. The quantitative estimate of drug-likeness (QED) is 0.907. The number of hydrogen-bond donors (Lipinski definition) is 1. The van der Waals surface area contributed by atoms with E-state index in [0.717, 1.165) is 11.3 Å². The van der Waals surface area contributed by atoms with Gasteiger partial charge in [-0.05, 0) is 31.5 Å². The Labute approximate surface area is 119 Å². The Hall–Kier alpha value is -1.88. The van der Waals surface area contributed by atoms with Gasteiger partial charge in [-0.3, -0.25) is 0 Å². The SMILES string of the molecule is CC(C)Oc1ccc(C(N)c2noc(C(C)C)n2)cc1. The van der Waals surface area contributed by atoms with Gasteiger partial charge in [0.25, 0.3) is 0 Å². The summed E-state index contributed by atoms with van der Waals surface area (Å²) < 4.78 is 10.8. The van der Waals surface area contributed by atoms with E-state index in [1.807, 2.05) is 52.0 Å². The first-order valence-corrected chi connectivity index (χ1v) is 6.83. The molecule has 5 heteroatoms. The molecule has 2 aromatic rings. The molecule has 0 saturated heterocycles. The van der Waals surface area contributed by atoms with Crippen molar-refractivity contribution < 1.29 is 9.26 Å². The first-order chi connectivity index (χ1) is 9.47. The van der Waals surface area contributed by atoms with E-state index >= 15 is 0 Å². The van der Waals surface area contributed by atoms with Crippen LogP contribution >= 0.6 is 0 Å². The number of hydrogen-bond acceptors (Lipinski definition) is 5. The Balaban J connectivity index is 2.13. The van der Waals surface area contributed by atoms with E-state index in [0.29, 0.717) is 11.7 Å².